The molecule has 0 amide bonds. The molecule has 112 valence electrons. The SMILES string of the molecule is COc1cccc(Cl)c1C(O)c1c(OC)cccc1OC. The van der Waals surface area contributed by atoms with Gasteiger partial charge >= 0.3 is 0 Å². The molecule has 0 bridgehead atoms. The Kier molecular flexibility index (Phi) is 4.94. The Morgan fingerprint density at radius 3 is 1.71 bits per heavy atom. The number of methoxy groups -OCH3 is 3. The van der Waals surface area contributed by atoms with Crippen molar-refractivity contribution in [1.29, 1.82) is 0 Å². The lowest BCUT2D eigenvalue weighted by Gasteiger charge is -2.21. The van der Waals surface area contributed by atoms with Crippen LogP contribution in [0, 0.1) is 0 Å². The zero-order valence-corrected chi connectivity index (χ0v) is 12.8. The maximum Gasteiger partial charge on any atom is 0.128 e. The van der Waals surface area contributed by atoms with E-state index in [9.17, 15) is 5.11 Å². The highest BCUT2D eigenvalue weighted by Gasteiger charge is 2.25. The van der Waals surface area contributed by atoms with Gasteiger partial charge < -0.3 is 19.3 Å². The second kappa shape index (κ2) is 6.70. The van der Waals surface area contributed by atoms with Crippen LogP contribution in [0.25, 0.3) is 0 Å². The number of hydrogen-bond acceptors (Lipinski definition) is 4. The number of rotatable bonds is 5. The Labute approximate surface area is 128 Å². The first-order valence-corrected chi connectivity index (χ1v) is 6.73. The minimum atomic E-state index is -1.03. The van der Waals surface area contributed by atoms with Crippen LogP contribution in [0.1, 0.15) is 17.2 Å². The average molecular weight is 309 g/mol. The molecular formula is C16H17ClO4. The summed E-state index contributed by atoms with van der Waals surface area (Å²) in [4.78, 5) is 0. The maximum atomic E-state index is 10.8. The third-order valence-corrected chi connectivity index (χ3v) is 3.58. The van der Waals surface area contributed by atoms with Gasteiger partial charge in [-0.15, -0.1) is 0 Å². The molecule has 0 aliphatic rings. The predicted octanol–water partition coefficient (Wildman–Crippen LogP) is 3.45. The summed E-state index contributed by atoms with van der Waals surface area (Å²) in [6.45, 7) is 0. The Morgan fingerprint density at radius 1 is 0.810 bits per heavy atom. The lowest BCUT2D eigenvalue weighted by molar-refractivity contribution is 0.204. The van der Waals surface area contributed by atoms with E-state index in [1.54, 1.807) is 36.4 Å². The van der Waals surface area contributed by atoms with E-state index in [1.165, 1.54) is 21.3 Å². The van der Waals surface area contributed by atoms with Crippen molar-refractivity contribution in [2.45, 2.75) is 6.10 Å². The van der Waals surface area contributed by atoms with Gasteiger partial charge in [-0.25, -0.2) is 0 Å². The normalized spacial score (nSPS) is 11.9. The van der Waals surface area contributed by atoms with Crippen LogP contribution in [0.4, 0.5) is 0 Å². The van der Waals surface area contributed by atoms with Gasteiger partial charge in [0.15, 0.2) is 0 Å². The van der Waals surface area contributed by atoms with Crippen molar-refractivity contribution < 1.29 is 19.3 Å². The van der Waals surface area contributed by atoms with Crippen molar-refractivity contribution in [2.75, 3.05) is 21.3 Å². The highest BCUT2D eigenvalue weighted by Crippen LogP contribution is 2.42. The standard InChI is InChI=1S/C16H17ClO4/c1-19-11-7-4-6-10(17)14(11)16(18)15-12(20-2)8-5-9-13(15)21-3/h4-9,16,18H,1-3H3. The molecule has 0 saturated carbocycles. The molecule has 5 heteroatoms. The van der Waals surface area contributed by atoms with Gasteiger partial charge in [-0.05, 0) is 24.3 Å². The van der Waals surface area contributed by atoms with Gasteiger partial charge in [0.05, 0.1) is 31.9 Å². The van der Waals surface area contributed by atoms with Crippen LogP contribution >= 0.6 is 11.6 Å². The molecule has 0 spiro atoms. The summed E-state index contributed by atoms with van der Waals surface area (Å²) < 4.78 is 15.9. The van der Waals surface area contributed by atoms with Crippen LogP contribution in [-0.2, 0) is 0 Å². The molecule has 2 aromatic carbocycles. The van der Waals surface area contributed by atoms with E-state index in [0.29, 0.717) is 33.4 Å². The van der Waals surface area contributed by atoms with Crippen molar-refractivity contribution in [3.8, 4) is 17.2 Å². The fraction of sp³-hybridized carbons (Fsp3) is 0.250. The average Bonchev–Trinajstić information content (AvgIpc) is 2.52. The van der Waals surface area contributed by atoms with Crippen LogP contribution in [0.5, 0.6) is 17.2 Å². The van der Waals surface area contributed by atoms with Crippen molar-refractivity contribution in [3.05, 3.63) is 52.5 Å². The van der Waals surface area contributed by atoms with Crippen LogP contribution in [0.15, 0.2) is 36.4 Å². The molecule has 0 fully saturated rings. The van der Waals surface area contributed by atoms with Gasteiger partial charge in [0.1, 0.15) is 23.4 Å². The first-order chi connectivity index (χ1) is 10.1. The van der Waals surface area contributed by atoms with Gasteiger partial charge in [-0.3, -0.25) is 0 Å². The summed E-state index contributed by atoms with van der Waals surface area (Å²) in [7, 11) is 4.60. The second-order valence-electron chi connectivity index (χ2n) is 4.33. The van der Waals surface area contributed by atoms with Gasteiger partial charge in [0, 0.05) is 5.56 Å². The zero-order chi connectivity index (χ0) is 15.4. The molecule has 2 aromatic rings. The molecule has 21 heavy (non-hydrogen) atoms. The van der Waals surface area contributed by atoms with Gasteiger partial charge in [-0.1, -0.05) is 23.7 Å². The lowest BCUT2D eigenvalue weighted by atomic mass is 9.98. The molecule has 1 N–H and O–H groups in total. The largest absolute Gasteiger partial charge is 0.496 e. The van der Waals surface area contributed by atoms with E-state index in [4.69, 9.17) is 25.8 Å². The monoisotopic (exact) mass is 308 g/mol. The summed E-state index contributed by atoms with van der Waals surface area (Å²) in [5.74, 6) is 1.54. The zero-order valence-electron chi connectivity index (χ0n) is 12.1. The van der Waals surface area contributed by atoms with E-state index in [-0.39, 0.29) is 0 Å². The minimum absolute atomic E-state index is 0.412. The summed E-state index contributed by atoms with van der Waals surface area (Å²) in [6.07, 6.45) is -1.03. The van der Waals surface area contributed by atoms with Crippen LogP contribution in [-0.4, -0.2) is 26.4 Å². The topological polar surface area (TPSA) is 47.9 Å². The number of aliphatic hydroxyl groups is 1. The third kappa shape index (κ3) is 2.91. The van der Waals surface area contributed by atoms with E-state index in [0.717, 1.165) is 0 Å². The molecule has 4 nitrogen and oxygen atoms in total. The molecule has 0 aliphatic carbocycles. The lowest BCUT2D eigenvalue weighted by Crippen LogP contribution is -2.07. The molecule has 0 aromatic heterocycles. The summed E-state index contributed by atoms with van der Waals surface area (Å²) >= 11 is 6.22. The number of halogens is 1. The molecule has 1 unspecified atom stereocenters. The first-order valence-electron chi connectivity index (χ1n) is 6.35. The van der Waals surface area contributed by atoms with Gasteiger partial charge in [0.2, 0.25) is 0 Å². The maximum absolute atomic E-state index is 10.8. The molecule has 1 atom stereocenters. The number of hydrogen-bond donors (Lipinski definition) is 1. The fourth-order valence-electron chi connectivity index (χ4n) is 2.25. The van der Waals surface area contributed by atoms with E-state index >= 15 is 0 Å². The number of aliphatic hydroxyl groups excluding tert-OH is 1. The minimum Gasteiger partial charge on any atom is -0.496 e. The fourth-order valence-corrected chi connectivity index (χ4v) is 2.52. The van der Waals surface area contributed by atoms with Crippen molar-refractivity contribution in [1.82, 2.24) is 0 Å². The summed E-state index contributed by atoms with van der Waals surface area (Å²) in [5, 5.41) is 11.2. The quantitative estimate of drug-likeness (QED) is 0.919. The summed E-state index contributed by atoms with van der Waals surface area (Å²) in [5.41, 5.74) is 0.985. The van der Waals surface area contributed by atoms with Gasteiger partial charge in [-0.2, -0.15) is 0 Å². The van der Waals surface area contributed by atoms with E-state index in [2.05, 4.69) is 0 Å². The third-order valence-electron chi connectivity index (χ3n) is 3.25. The Hall–Kier alpha value is -1.91. The van der Waals surface area contributed by atoms with Gasteiger partial charge in [0.25, 0.3) is 0 Å². The molecule has 0 heterocycles. The molecule has 0 radical (unpaired) electrons. The highest BCUT2D eigenvalue weighted by molar-refractivity contribution is 6.31. The predicted molar refractivity (Wildman–Crippen MR) is 81.6 cm³/mol. The highest BCUT2D eigenvalue weighted by atomic mass is 35.5. The van der Waals surface area contributed by atoms with Crippen LogP contribution in [0.3, 0.4) is 0 Å². The second-order valence-corrected chi connectivity index (χ2v) is 4.74. The molecular weight excluding hydrogens is 292 g/mol. The molecule has 2 rings (SSSR count). The van der Waals surface area contributed by atoms with E-state index in [1.807, 2.05) is 0 Å². The Morgan fingerprint density at radius 2 is 1.24 bits per heavy atom. The number of benzene rings is 2. The van der Waals surface area contributed by atoms with Crippen molar-refractivity contribution in [3.63, 3.8) is 0 Å². The first kappa shape index (κ1) is 15.5. The Balaban J connectivity index is 2.62. The number of ether oxygens (including phenoxy) is 3. The smallest absolute Gasteiger partial charge is 0.128 e. The van der Waals surface area contributed by atoms with Crippen molar-refractivity contribution >= 4 is 11.6 Å². The summed E-state index contributed by atoms with van der Waals surface area (Å²) in [6, 6.07) is 10.5. The Bertz CT molecular complexity index is 605. The van der Waals surface area contributed by atoms with E-state index < -0.39 is 6.10 Å². The molecule has 0 aliphatic heterocycles. The molecule has 0 saturated heterocycles. The van der Waals surface area contributed by atoms with Crippen LogP contribution in [0.2, 0.25) is 5.02 Å². The van der Waals surface area contributed by atoms with Crippen molar-refractivity contribution in [2.24, 2.45) is 0 Å². The van der Waals surface area contributed by atoms with Crippen LogP contribution < -0.4 is 14.2 Å².